The van der Waals surface area contributed by atoms with Gasteiger partial charge in [0.05, 0.1) is 6.10 Å². The molecule has 80 valence electrons. The van der Waals surface area contributed by atoms with Crippen LogP contribution >= 0.6 is 0 Å². The standard InChI is InChI=1S/C11H19NO2/c1-9(13)12-6-2-3-11(7-12)14-8-10-4-5-10/h10-11H,2-8H2,1H3. The summed E-state index contributed by atoms with van der Waals surface area (Å²) in [6, 6.07) is 0. The van der Waals surface area contributed by atoms with Crippen LogP contribution < -0.4 is 0 Å². The Morgan fingerprint density at radius 2 is 2.21 bits per heavy atom. The molecule has 1 saturated heterocycles. The molecule has 3 nitrogen and oxygen atoms in total. The van der Waals surface area contributed by atoms with Gasteiger partial charge in [-0.05, 0) is 31.6 Å². The number of hydrogen-bond acceptors (Lipinski definition) is 2. The van der Waals surface area contributed by atoms with Gasteiger partial charge < -0.3 is 9.64 Å². The molecule has 2 fully saturated rings. The van der Waals surface area contributed by atoms with Crippen LogP contribution in [0.4, 0.5) is 0 Å². The highest BCUT2D eigenvalue weighted by molar-refractivity contribution is 5.73. The number of likely N-dealkylation sites (tertiary alicyclic amines) is 1. The van der Waals surface area contributed by atoms with Crippen molar-refractivity contribution in [2.75, 3.05) is 19.7 Å². The topological polar surface area (TPSA) is 29.5 Å². The van der Waals surface area contributed by atoms with E-state index in [4.69, 9.17) is 4.74 Å². The van der Waals surface area contributed by atoms with Crippen molar-refractivity contribution in [1.29, 1.82) is 0 Å². The monoisotopic (exact) mass is 197 g/mol. The van der Waals surface area contributed by atoms with E-state index in [0.29, 0.717) is 6.10 Å². The smallest absolute Gasteiger partial charge is 0.219 e. The third kappa shape index (κ3) is 2.71. The Labute approximate surface area is 85.4 Å². The minimum atomic E-state index is 0.185. The average molecular weight is 197 g/mol. The first kappa shape index (κ1) is 9.97. The molecule has 0 aromatic rings. The van der Waals surface area contributed by atoms with Crippen molar-refractivity contribution in [2.24, 2.45) is 5.92 Å². The van der Waals surface area contributed by atoms with E-state index in [1.807, 2.05) is 4.90 Å². The van der Waals surface area contributed by atoms with Gasteiger partial charge >= 0.3 is 0 Å². The number of carbonyl (C=O) groups excluding carboxylic acids is 1. The summed E-state index contributed by atoms with van der Waals surface area (Å²) in [5, 5.41) is 0. The molecule has 2 rings (SSSR count). The lowest BCUT2D eigenvalue weighted by Crippen LogP contribution is -2.42. The predicted octanol–water partition coefficient (Wildman–Crippen LogP) is 1.42. The maximum atomic E-state index is 11.2. The summed E-state index contributed by atoms with van der Waals surface area (Å²) >= 11 is 0. The number of nitrogens with zero attached hydrogens (tertiary/aromatic N) is 1. The van der Waals surface area contributed by atoms with Crippen molar-refractivity contribution in [2.45, 2.75) is 38.7 Å². The fraction of sp³-hybridized carbons (Fsp3) is 0.909. The van der Waals surface area contributed by atoms with Crippen LogP contribution in [0, 0.1) is 5.92 Å². The summed E-state index contributed by atoms with van der Waals surface area (Å²) in [6.45, 7) is 4.28. The van der Waals surface area contributed by atoms with E-state index >= 15 is 0 Å². The second kappa shape index (κ2) is 4.30. The Balaban J connectivity index is 1.72. The molecular formula is C11H19NO2. The molecule has 0 aromatic carbocycles. The van der Waals surface area contributed by atoms with E-state index in [9.17, 15) is 4.79 Å². The first-order valence-electron chi connectivity index (χ1n) is 5.63. The summed E-state index contributed by atoms with van der Waals surface area (Å²) in [6.07, 6.45) is 5.19. The third-order valence-electron chi connectivity index (χ3n) is 3.09. The molecule has 1 atom stereocenters. The van der Waals surface area contributed by atoms with E-state index in [2.05, 4.69) is 0 Å². The Morgan fingerprint density at radius 1 is 1.43 bits per heavy atom. The molecule has 0 spiro atoms. The lowest BCUT2D eigenvalue weighted by molar-refractivity contribution is -0.133. The van der Waals surface area contributed by atoms with Crippen molar-refractivity contribution in [1.82, 2.24) is 4.90 Å². The van der Waals surface area contributed by atoms with Crippen LogP contribution in [0.15, 0.2) is 0 Å². The Hall–Kier alpha value is -0.570. The molecule has 1 aliphatic carbocycles. The third-order valence-corrected chi connectivity index (χ3v) is 3.09. The van der Waals surface area contributed by atoms with Crippen molar-refractivity contribution >= 4 is 5.91 Å². The normalized spacial score (nSPS) is 27.8. The Kier molecular flexibility index (Phi) is 3.06. The maximum Gasteiger partial charge on any atom is 0.219 e. The number of ether oxygens (including phenoxy) is 1. The van der Waals surface area contributed by atoms with Gasteiger partial charge in [-0.25, -0.2) is 0 Å². The summed E-state index contributed by atoms with van der Waals surface area (Å²) in [5.41, 5.74) is 0. The van der Waals surface area contributed by atoms with E-state index in [1.54, 1.807) is 6.92 Å². The zero-order chi connectivity index (χ0) is 9.97. The first-order chi connectivity index (χ1) is 6.75. The van der Waals surface area contributed by atoms with Gasteiger partial charge in [-0.1, -0.05) is 0 Å². The second-order valence-corrected chi connectivity index (χ2v) is 4.51. The molecule has 0 N–H and O–H groups in total. The van der Waals surface area contributed by atoms with Gasteiger partial charge in [0.2, 0.25) is 5.91 Å². The fourth-order valence-electron chi connectivity index (χ4n) is 1.92. The minimum absolute atomic E-state index is 0.185. The number of rotatable bonds is 3. The van der Waals surface area contributed by atoms with Crippen molar-refractivity contribution < 1.29 is 9.53 Å². The van der Waals surface area contributed by atoms with Crippen LogP contribution in [0.25, 0.3) is 0 Å². The summed E-state index contributed by atoms with van der Waals surface area (Å²) in [4.78, 5) is 13.1. The first-order valence-corrected chi connectivity index (χ1v) is 5.63. The number of piperidine rings is 1. The molecule has 0 aromatic heterocycles. The van der Waals surface area contributed by atoms with Crippen LogP contribution in [0.5, 0.6) is 0 Å². The van der Waals surface area contributed by atoms with Crippen LogP contribution in [0.2, 0.25) is 0 Å². The average Bonchev–Trinajstić information content (AvgIpc) is 2.99. The zero-order valence-corrected chi connectivity index (χ0v) is 8.87. The lowest BCUT2D eigenvalue weighted by atomic mass is 10.1. The molecule has 1 amide bonds. The highest BCUT2D eigenvalue weighted by atomic mass is 16.5. The van der Waals surface area contributed by atoms with Gasteiger partial charge in [0.15, 0.2) is 0 Å². The van der Waals surface area contributed by atoms with Gasteiger partial charge in [0.25, 0.3) is 0 Å². The van der Waals surface area contributed by atoms with E-state index < -0.39 is 0 Å². The Morgan fingerprint density at radius 3 is 2.86 bits per heavy atom. The van der Waals surface area contributed by atoms with Gasteiger partial charge in [-0.2, -0.15) is 0 Å². The molecular weight excluding hydrogens is 178 g/mol. The molecule has 0 radical (unpaired) electrons. The number of amides is 1. The van der Waals surface area contributed by atoms with E-state index in [1.165, 1.54) is 12.8 Å². The fourth-order valence-corrected chi connectivity index (χ4v) is 1.92. The number of hydrogen-bond donors (Lipinski definition) is 0. The molecule has 2 aliphatic rings. The second-order valence-electron chi connectivity index (χ2n) is 4.51. The molecule has 1 aliphatic heterocycles. The minimum Gasteiger partial charge on any atom is -0.376 e. The highest BCUT2D eigenvalue weighted by Gasteiger charge is 2.26. The van der Waals surface area contributed by atoms with E-state index in [0.717, 1.165) is 38.5 Å². The van der Waals surface area contributed by atoms with Crippen molar-refractivity contribution in [3.8, 4) is 0 Å². The highest BCUT2D eigenvalue weighted by Crippen LogP contribution is 2.29. The van der Waals surface area contributed by atoms with Crippen LogP contribution in [0.1, 0.15) is 32.6 Å². The zero-order valence-electron chi connectivity index (χ0n) is 8.87. The molecule has 14 heavy (non-hydrogen) atoms. The lowest BCUT2D eigenvalue weighted by Gasteiger charge is -2.31. The largest absolute Gasteiger partial charge is 0.376 e. The van der Waals surface area contributed by atoms with Gasteiger partial charge in [-0.3, -0.25) is 4.79 Å². The molecule has 1 unspecified atom stereocenters. The van der Waals surface area contributed by atoms with Crippen LogP contribution in [-0.4, -0.2) is 36.6 Å². The number of carbonyl (C=O) groups is 1. The summed E-state index contributed by atoms with van der Waals surface area (Å²) < 4.78 is 5.79. The summed E-state index contributed by atoms with van der Waals surface area (Å²) in [5.74, 6) is 1.01. The van der Waals surface area contributed by atoms with Gasteiger partial charge in [0.1, 0.15) is 0 Å². The summed E-state index contributed by atoms with van der Waals surface area (Å²) in [7, 11) is 0. The molecule has 1 heterocycles. The molecule has 3 heteroatoms. The van der Waals surface area contributed by atoms with Crippen molar-refractivity contribution in [3.63, 3.8) is 0 Å². The van der Waals surface area contributed by atoms with E-state index in [-0.39, 0.29) is 5.91 Å². The molecule has 0 bridgehead atoms. The van der Waals surface area contributed by atoms with Gasteiger partial charge in [-0.15, -0.1) is 0 Å². The van der Waals surface area contributed by atoms with Crippen LogP contribution in [-0.2, 0) is 9.53 Å². The maximum absolute atomic E-state index is 11.2. The van der Waals surface area contributed by atoms with Gasteiger partial charge in [0, 0.05) is 26.6 Å². The quantitative estimate of drug-likeness (QED) is 0.685. The SMILES string of the molecule is CC(=O)N1CCCC(OCC2CC2)C1. The Bertz CT molecular complexity index is 213. The van der Waals surface area contributed by atoms with Crippen molar-refractivity contribution in [3.05, 3.63) is 0 Å². The molecule has 1 saturated carbocycles. The predicted molar refractivity (Wildman–Crippen MR) is 54.0 cm³/mol. The van der Waals surface area contributed by atoms with Crippen LogP contribution in [0.3, 0.4) is 0 Å².